The maximum atomic E-state index is 10.0. The molecule has 0 saturated heterocycles. The van der Waals surface area contributed by atoms with E-state index in [-0.39, 0.29) is 25.9 Å². The highest BCUT2D eigenvalue weighted by Gasteiger charge is 2.38. The number of unbranched alkanes of at least 4 members (excludes halogenated alkanes) is 30. The minimum atomic E-state index is -2.62. The van der Waals surface area contributed by atoms with Crippen molar-refractivity contribution < 1.29 is 34.7 Å². The lowest BCUT2D eigenvalue weighted by Crippen LogP contribution is -2.46. The molecule has 0 bridgehead atoms. The zero-order valence-electron chi connectivity index (χ0n) is 32.8. The van der Waals surface area contributed by atoms with Crippen molar-refractivity contribution >= 4 is 8.60 Å². The molecule has 1 atom stereocenters. The van der Waals surface area contributed by atoms with Gasteiger partial charge in [0, 0.05) is 6.61 Å². The molecule has 0 saturated carbocycles. The average molecular weight is 723 g/mol. The summed E-state index contributed by atoms with van der Waals surface area (Å²) in [4.78, 5) is 21.7. The SMILES string of the molecule is CCCCCCCCCCCCCCCCCCOC(CCCCCCCCCCCCCCCCCC)C(CO)(CO)CO.OP(O)O. The van der Waals surface area contributed by atoms with Gasteiger partial charge in [-0.2, -0.15) is 0 Å². The second-order valence-electron chi connectivity index (χ2n) is 14.9. The van der Waals surface area contributed by atoms with E-state index < -0.39 is 14.0 Å². The highest BCUT2D eigenvalue weighted by atomic mass is 31.2. The fourth-order valence-electron chi connectivity index (χ4n) is 6.78. The summed E-state index contributed by atoms with van der Waals surface area (Å²) in [6.45, 7) is 4.53. The van der Waals surface area contributed by atoms with Gasteiger partial charge in [0.05, 0.1) is 31.3 Å². The van der Waals surface area contributed by atoms with Crippen molar-refractivity contribution in [3.05, 3.63) is 0 Å². The first-order valence-corrected chi connectivity index (χ1v) is 22.4. The first kappa shape index (κ1) is 51.3. The van der Waals surface area contributed by atoms with Crippen molar-refractivity contribution in [2.45, 2.75) is 232 Å². The fourth-order valence-corrected chi connectivity index (χ4v) is 6.78. The second kappa shape index (κ2) is 42.6. The van der Waals surface area contributed by atoms with Crippen molar-refractivity contribution in [3.63, 3.8) is 0 Å². The number of aliphatic hydroxyl groups is 3. The molecule has 0 aliphatic carbocycles. The Kier molecular flexibility index (Phi) is 44.5. The van der Waals surface area contributed by atoms with E-state index in [9.17, 15) is 15.3 Å². The molecule has 1 unspecified atom stereocenters. The molecule has 0 radical (unpaired) electrons. The van der Waals surface area contributed by atoms with Crippen LogP contribution in [0.4, 0.5) is 0 Å². The number of hydrogen-bond donors (Lipinski definition) is 6. The highest BCUT2D eigenvalue weighted by Crippen LogP contribution is 2.28. The molecular weight excluding hydrogens is 635 g/mol. The van der Waals surface area contributed by atoms with Crippen molar-refractivity contribution in [2.75, 3.05) is 26.4 Å². The third-order valence-electron chi connectivity index (χ3n) is 10.3. The summed E-state index contributed by atoms with van der Waals surface area (Å²) in [7, 11) is -2.62. The molecule has 0 fully saturated rings. The maximum absolute atomic E-state index is 10.0. The molecule has 0 spiro atoms. The summed E-state index contributed by atoms with van der Waals surface area (Å²) >= 11 is 0. The summed E-state index contributed by atoms with van der Waals surface area (Å²) < 4.78 is 6.24. The normalized spacial score (nSPS) is 12.4. The minimum Gasteiger partial charge on any atom is -0.396 e. The van der Waals surface area contributed by atoms with Gasteiger partial charge in [0.15, 0.2) is 0 Å². The molecular formula is C41H87O7P. The minimum absolute atomic E-state index is 0.234. The van der Waals surface area contributed by atoms with Crippen LogP contribution < -0.4 is 0 Å². The summed E-state index contributed by atoms with van der Waals surface area (Å²) in [6, 6.07) is 0. The van der Waals surface area contributed by atoms with Crippen LogP contribution in [0.25, 0.3) is 0 Å². The molecule has 0 aliphatic heterocycles. The Morgan fingerprint density at radius 2 is 0.612 bits per heavy atom. The fraction of sp³-hybridized carbons (Fsp3) is 1.00. The molecule has 298 valence electrons. The van der Waals surface area contributed by atoms with Gasteiger partial charge in [-0.25, -0.2) is 0 Å². The van der Waals surface area contributed by atoms with Gasteiger partial charge in [-0.15, -0.1) is 0 Å². The third kappa shape index (κ3) is 37.7. The lowest BCUT2D eigenvalue weighted by Gasteiger charge is -2.36. The Labute approximate surface area is 306 Å². The number of rotatable bonds is 39. The Balaban J connectivity index is 0. The molecule has 0 aromatic carbocycles. The van der Waals surface area contributed by atoms with Crippen LogP contribution in [0.1, 0.15) is 226 Å². The summed E-state index contributed by atoms with van der Waals surface area (Å²) in [5, 5.41) is 30.1. The summed E-state index contributed by atoms with van der Waals surface area (Å²) in [5.41, 5.74) is -0.940. The number of aliphatic hydroxyl groups excluding tert-OH is 3. The van der Waals surface area contributed by atoms with Crippen LogP contribution >= 0.6 is 8.60 Å². The van der Waals surface area contributed by atoms with Crippen LogP contribution in [-0.2, 0) is 4.74 Å². The van der Waals surface area contributed by atoms with E-state index in [1.165, 1.54) is 186 Å². The monoisotopic (exact) mass is 723 g/mol. The van der Waals surface area contributed by atoms with Gasteiger partial charge >= 0.3 is 8.60 Å². The van der Waals surface area contributed by atoms with E-state index in [1.54, 1.807) is 0 Å². The van der Waals surface area contributed by atoms with Gasteiger partial charge in [-0.05, 0) is 12.8 Å². The van der Waals surface area contributed by atoms with Crippen molar-refractivity contribution in [3.8, 4) is 0 Å². The Bertz CT molecular complexity index is 581. The largest absolute Gasteiger partial charge is 0.396 e. The maximum Gasteiger partial charge on any atom is 0.324 e. The number of hydrogen-bond acceptors (Lipinski definition) is 7. The molecule has 49 heavy (non-hydrogen) atoms. The molecule has 6 N–H and O–H groups in total. The van der Waals surface area contributed by atoms with Crippen LogP contribution in [0, 0.1) is 5.41 Å². The predicted molar refractivity (Wildman–Crippen MR) is 211 cm³/mol. The molecule has 0 amide bonds. The molecule has 0 aromatic heterocycles. The van der Waals surface area contributed by atoms with E-state index in [2.05, 4.69) is 13.8 Å². The molecule has 0 rings (SSSR count). The predicted octanol–water partition coefficient (Wildman–Crippen LogP) is 11.4. The Morgan fingerprint density at radius 1 is 0.388 bits per heavy atom. The first-order chi connectivity index (χ1) is 23.9. The lowest BCUT2D eigenvalue weighted by atomic mass is 9.81. The first-order valence-electron chi connectivity index (χ1n) is 21.2. The van der Waals surface area contributed by atoms with Crippen molar-refractivity contribution in [1.82, 2.24) is 0 Å². The van der Waals surface area contributed by atoms with Gasteiger partial charge in [0.1, 0.15) is 0 Å². The molecule has 0 heterocycles. The second-order valence-corrected chi connectivity index (χ2v) is 15.4. The average Bonchev–Trinajstić information content (AvgIpc) is 3.09. The third-order valence-corrected chi connectivity index (χ3v) is 10.3. The zero-order valence-corrected chi connectivity index (χ0v) is 33.7. The Hall–Kier alpha value is 0.150. The van der Waals surface area contributed by atoms with Gasteiger partial charge in [0.2, 0.25) is 0 Å². The van der Waals surface area contributed by atoms with Crippen LogP contribution in [-0.4, -0.2) is 62.5 Å². The quantitative estimate of drug-likeness (QED) is 0.0275. The van der Waals surface area contributed by atoms with Gasteiger partial charge in [0.25, 0.3) is 0 Å². The zero-order chi connectivity index (χ0) is 36.5. The topological polar surface area (TPSA) is 131 Å². The van der Waals surface area contributed by atoms with Gasteiger partial charge in [-0.1, -0.05) is 213 Å². The molecule has 0 aliphatic rings. The van der Waals surface area contributed by atoms with Crippen LogP contribution in [0.15, 0.2) is 0 Å². The lowest BCUT2D eigenvalue weighted by molar-refractivity contribution is -0.117. The summed E-state index contributed by atoms with van der Waals surface area (Å²) in [6.07, 6.45) is 43.7. The van der Waals surface area contributed by atoms with Gasteiger partial charge in [-0.3, -0.25) is 0 Å². The van der Waals surface area contributed by atoms with Crippen LogP contribution in [0.5, 0.6) is 0 Å². The molecule has 7 nitrogen and oxygen atoms in total. The standard InChI is InChI=1S/C41H84O4.H3O3P/c1-3-5-7-9-11-13-15-17-19-21-23-25-27-29-31-33-35-40(41(37-42,38-43)39-44)45-36-34-32-30-28-26-24-22-20-18-16-14-12-10-8-6-4-2;1-4(2)3/h40,42-44H,3-39H2,1-2H3;1-3H. The van der Waals surface area contributed by atoms with Crippen LogP contribution in [0.2, 0.25) is 0 Å². The smallest absolute Gasteiger partial charge is 0.324 e. The van der Waals surface area contributed by atoms with Gasteiger partial charge < -0.3 is 34.7 Å². The van der Waals surface area contributed by atoms with E-state index in [0.717, 1.165) is 25.7 Å². The summed E-state index contributed by atoms with van der Waals surface area (Å²) in [5.74, 6) is 0. The Morgan fingerprint density at radius 3 is 0.857 bits per heavy atom. The molecule has 0 aromatic rings. The van der Waals surface area contributed by atoms with E-state index in [1.807, 2.05) is 0 Å². The van der Waals surface area contributed by atoms with Crippen molar-refractivity contribution in [2.24, 2.45) is 5.41 Å². The van der Waals surface area contributed by atoms with E-state index in [0.29, 0.717) is 6.61 Å². The van der Waals surface area contributed by atoms with E-state index >= 15 is 0 Å². The van der Waals surface area contributed by atoms with Crippen LogP contribution in [0.3, 0.4) is 0 Å². The highest BCUT2D eigenvalue weighted by molar-refractivity contribution is 7.38. The number of ether oxygens (including phenoxy) is 1. The van der Waals surface area contributed by atoms with E-state index in [4.69, 9.17) is 19.4 Å². The van der Waals surface area contributed by atoms with Crippen molar-refractivity contribution in [1.29, 1.82) is 0 Å². The molecule has 8 heteroatoms.